The van der Waals surface area contributed by atoms with E-state index in [9.17, 15) is 9.59 Å². The summed E-state index contributed by atoms with van der Waals surface area (Å²) in [6.45, 7) is 1.34. The molecule has 1 aliphatic rings. The first-order valence-electron chi connectivity index (χ1n) is 4.98. The van der Waals surface area contributed by atoms with E-state index in [-0.39, 0.29) is 18.4 Å². The summed E-state index contributed by atoms with van der Waals surface area (Å²) >= 11 is 0. The van der Waals surface area contributed by atoms with Crippen LogP contribution in [0.5, 0.6) is 0 Å². The van der Waals surface area contributed by atoms with Crippen LogP contribution in [0.25, 0.3) is 0 Å². The van der Waals surface area contributed by atoms with Crippen molar-refractivity contribution in [3.05, 3.63) is 12.2 Å². The molecule has 5 heteroatoms. The highest BCUT2D eigenvalue weighted by Crippen LogP contribution is 2.05. The molecule has 0 aromatic rings. The van der Waals surface area contributed by atoms with E-state index in [1.54, 1.807) is 0 Å². The Balaban J connectivity index is 2.05. The van der Waals surface area contributed by atoms with Crippen LogP contribution in [-0.4, -0.2) is 48.2 Å². The molecule has 0 fully saturated rings. The Hall–Kier alpha value is -1.20. The van der Waals surface area contributed by atoms with E-state index < -0.39 is 0 Å². The lowest BCUT2D eigenvalue weighted by Crippen LogP contribution is -2.31. The lowest BCUT2D eigenvalue weighted by molar-refractivity contribution is -0.136. The van der Waals surface area contributed by atoms with Gasteiger partial charge in [-0.25, -0.2) is 0 Å². The van der Waals surface area contributed by atoms with Crippen LogP contribution in [0.1, 0.15) is 12.8 Å². The quantitative estimate of drug-likeness (QED) is 0.466. The normalized spacial score (nSPS) is 15.4. The molecule has 0 atom stereocenters. The maximum absolute atomic E-state index is 11.1. The van der Waals surface area contributed by atoms with Crippen molar-refractivity contribution in [2.75, 3.05) is 26.4 Å². The Morgan fingerprint density at radius 2 is 1.80 bits per heavy atom. The third-order valence-electron chi connectivity index (χ3n) is 2.06. The molecule has 0 bridgehead atoms. The summed E-state index contributed by atoms with van der Waals surface area (Å²) in [5.74, 6) is -0.479. The number of carbonyl (C=O) groups excluding carboxylic acids is 2. The summed E-state index contributed by atoms with van der Waals surface area (Å²) in [4.78, 5) is 23.4. The maximum Gasteiger partial charge on any atom is 0.253 e. The molecule has 1 heterocycles. The zero-order chi connectivity index (χ0) is 11.1. The van der Waals surface area contributed by atoms with Crippen LogP contribution in [0.4, 0.5) is 0 Å². The molecule has 0 aromatic heterocycles. The second-order valence-electron chi connectivity index (χ2n) is 3.20. The van der Waals surface area contributed by atoms with Crippen LogP contribution < -0.4 is 0 Å². The topological polar surface area (TPSA) is 66.8 Å². The van der Waals surface area contributed by atoms with E-state index in [1.165, 1.54) is 17.1 Å². The number of hydrogen-bond acceptors (Lipinski definition) is 4. The SMILES string of the molecule is O=C1C=CC(=O)N1CCCCOCCO. The van der Waals surface area contributed by atoms with Crippen LogP contribution in [0, 0.1) is 0 Å². The second kappa shape index (κ2) is 6.31. The maximum atomic E-state index is 11.1. The third-order valence-corrected chi connectivity index (χ3v) is 2.06. The van der Waals surface area contributed by atoms with Gasteiger partial charge in [-0.05, 0) is 12.8 Å². The minimum atomic E-state index is -0.240. The number of ether oxygens (including phenoxy) is 1. The van der Waals surface area contributed by atoms with E-state index in [0.29, 0.717) is 19.8 Å². The number of carbonyl (C=O) groups is 2. The van der Waals surface area contributed by atoms with Gasteiger partial charge < -0.3 is 9.84 Å². The summed E-state index contributed by atoms with van der Waals surface area (Å²) in [5, 5.41) is 8.43. The number of unbranched alkanes of at least 4 members (excludes halogenated alkanes) is 1. The molecule has 1 N–H and O–H groups in total. The zero-order valence-electron chi connectivity index (χ0n) is 8.52. The highest BCUT2D eigenvalue weighted by atomic mass is 16.5. The predicted molar refractivity (Wildman–Crippen MR) is 53.0 cm³/mol. The summed E-state index contributed by atoms with van der Waals surface area (Å²) in [5.41, 5.74) is 0. The van der Waals surface area contributed by atoms with Crippen molar-refractivity contribution in [2.45, 2.75) is 12.8 Å². The predicted octanol–water partition coefficient (Wildman–Crippen LogP) is -0.300. The molecule has 1 aliphatic heterocycles. The van der Waals surface area contributed by atoms with Crippen LogP contribution in [0.3, 0.4) is 0 Å². The van der Waals surface area contributed by atoms with Gasteiger partial charge in [0.15, 0.2) is 0 Å². The smallest absolute Gasteiger partial charge is 0.253 e. The summed E-state index contributed by atoms with van der Waals surface area (Å²) < 4.78 is 5.05. The first-order valence-corrected chi connectivity index (χ1v) is 4.98. The monoisotopic (exact) mass is 213 g/mol. The average Bonchev–Trinajstić information content (AvgIpc) is 2.54. The van der Waals surface area contributed by atoms with Crippen LogP contribution in [0.15, 0.2) is 12.2 Å². The molecular formula is C10H15NO4. The van der Waals surface area contributed by atoms with Crippen molar-refractivity contribution in [2.24, 2.45) is 0 Å². The Bertz CT molecular complexity index is 244. The zero-order valence-corrected chi connectivity index (χ0v) is 8.52. The van der Waals surface area contributed by atoms with Gasteiger partial charge in [0.2, 0.25) is 0 Å². The number of hydrogen-bond donors (Lipinski definition) is 1. The lowest BCUT2D eigenvalue weighted by atomic mass is 10.3. The minimum absolute atomic E-state index is 0.0209. The van der Waals surface area contributed by atoms with Crippen LogP contribution >= 0.6 is 0 Å². The molecular weight excluding hydrogens is 198 g/mol. The molecule has 5 nitrogen and oxygen atoms in total. The van der Waals surface area contributed by atoms with Gasteiger partial charge in [-0.1, -0.05) is 0 Å². The van der Waals surface area contributed by atoms with E-state index in [2.05, 4.69) is 0 Å². The third kappa shape index (κ3) is 3.81. The molecule has 15 heavy (non-hydrogen) atoms. The fourth-order valence-corrected chi connectivity index (χ4v) is 1.29. The number of aliphatic hydroxyl groups excluding tert-OH is 1. The van der Waals surface area contributed by atoms with Crippen LogP contribution in [0.2, 0.25) is 0 Å². The summed E-state index contributed by atoms with van der Waals surface area (Å²) in [7, 11) is 0. The lowest BCUT2D eigenvalue weighted by Gasteiger charge is -2.12. The van der Waals surface area contributed by atoms with Gasteiger partial charge in [-0.2, -0.15) is 0 Å². The van der Waals surface area contributed by atoms with Gasteiger partial charge in [-0.3, -0.25) is 14.5 Å². The molecule has 0 saturated carbocycles. The van der Waals surface area contributed by atoms with Gasteiger partial charge in [0, 0.05) is 25.3 Å². The van der Waals surface area contributed by atoms with E-state index in [0.717, 1.165) is 12.8 Å². The first kappa shape index (κ1) is 11.9. The van der Waals surface area contributed by atoms with Crippen molar-refractivity contribution < 1.29 is 19.4 Å². The number of amides is 2. The molecule has 84 valence electrons. The van der Waals surface area contributed by atoms with E-state index in [4.69, 9.17) is 9.84 Å². The van der Waals surface area contributed by atoms with Crippen molar-refractivity contribution in [1.82, 2.24) is 4.90 Å². The molecule has 0 aromatic carbocycles. The largest absolute Gasteiger partial charge is 0.394 e. The van der Waals surface area contributed by atoms with Gasteiger partial charge in [0.25, 0.3) is 11.8 Å². The second-order valence-corrected chi connectivity index (χ2v) is 3.20. The molecule has 0 unspecified atom stereocenters. The Kier molecular flexibility index (Phi) is 5.00. The fourth-order valence-electron chi connectivity index (χ4n) is 1.29. The molecule has 1 rings (SSSR count). The van der Waals surface area contributed by atoms with E-state index in [1.807, 2.05) is 0 Å². The molecule has 0 radical (unpaired) electrons. The number of imide groups is 1. The summed E-state index contributed by atoms with van der Waals surface area (Å²) in [6.07, 6.45) is 4.07. The highest BCUT2D eigenvalue weighted by molar-refractivity contribution is 6.12. The average molecular weight is 213 g/mol. The van der Waals surface area contributed by atoms with Gasteiger partial charge in [0.05, 0.1) is 13.2 Å². The van der Waals surface area contributed by atoms with Crippen molar-refractivity contribution in [1.29, 1.82) is 0 Å². The molecule has 0 saturated heterocycles. The molecule has 0 spiro atoms. The Morgan fingerprint density at radius 1 is 1.13 bits per heavy atom. The first-order chi connectivity index (χ1) is 7.25. The molecule has 2 amide bonds. The standard InChI is InChI=1S/C10H15NO4/c12-6-8-15-7-2-1-5-11-9(13)3-4-10(11)14/h3-4,12H,1-2,5-8H2. The molecule has 0 aliphatic carbocycles. The number of nitrogens with zero attached hydrogens (tertiary/aromatic N) is 1. The van der Waals surface area contributed by atoms with Gasteiger partial charge >= 0.3 is 0 Å². The highest BCUT2D eigenvalue weighted by Gasteiger charge is 2.21. The number of aliphatic hydroxyl groups is 1. The van der Waals surface area contributed by atoms with Gasteiger partial charge in [0.1, 0.15) is 0 Å². The van der Waals surface area contributed by atoms with Crippen molar-refractivity contribution >= 4 is 11.8 Å². The fraction of sp³-hybridized carbons (Fsp3) is 0.600. The summed E-state index contributed by atoms with van der Waals surface area (Å²) in [6, 6.07) is 0. The Labute approximate surface area is 88.3 Å². The number of rotatable bonds is 7. The van der Waals surface area contributed by atoms with E-state index >= 15 is 0 Å². The van der Waals surface area contributed by atoms with Crippen LogP contribution in [-0.2, 0) is 14.3 Å². The van der Waals surface area contributed by atoms with Crippen molar-refractivity contribution in [3.63, 3.8) is 0 Å². The van der Waals surface area contributed by atoms with Gasteiger partial charge in [-0.15, -0.1) is 0 Å². The van der Waals surface area contributed by atoms with Crippen molar-refractivity contribution in [3.8, 4) is 0 Å². The Morgan fingerprint density at radius 3 is 2.40 bits per heavy atom. The minimum Gasteiger partial charge on any atom is -0.394 e.